The molecule has 5 nitrogen and oxygen atoms in total. The van der Waals surface area contributed by atoms with Crippen molar-refractivity contribution in [3.63, 3.8) is 0 Å². The third-order valence-corrected chi connectivity index (χ3v) is 5.55. The topological polar surface area (TPSA) is 78.4 Å². The molecule has 6 heteroatoms. The maximum absolute atomic E-state index is 12.8. The first-order valence-electron chi connectivity index (χ1n) is 9.78. The molecule has 0 bridgehead atoms. The van der Waals surface area contributed by atoms with Crippen molar-refractivity contribution in [3.8, 4) is 0 Å². The molecule has 29 heavy (non-hydrogen) atoms. The predicted molar refractivity (Wildman–Crippen MR) is 119 cm³/mol. The molecule has 3 unspecified atom stereocenters. The van der Waals surface area contributed by atoms with E-state index in [4.69, 9.17) is 12.2 Å². The first kappa shape index (κ1) is 22.6. The van der Waals surface area contributed by atoms with Crippen molar-refractivity contribution in [1.82, 2.24) is 10.6 Å². The van der Waals surface area contributed by atoms with Crippen molar-refractivity contribution in [2.75, 3.05) is 7.05 Å². The summed E-state index contributed by atoms with van der Waals surface area (Å²) in [4.78, 5) is 25.2. The monoisotopic (exact) mass is 412 g/mol. The van der Waals surface area contributed by atoms with E-state index in [1.165, 1.54) is 0 Å². The number of carbonyl (C=O) groups excluding carboxylic acids is 1. The number of carboxylic acid groups (broad SMARTS) is 1. The summed E-state index contributed by atoms with van der Waals surface area (Å²) in [6.07, 6.45) is 1.08. The van der Waals surface area contributed by atoms with E-state index in [0.29, 0.717) is 17.8 Å². The molecule has 3 atom stereocenters. The van der Waals surface area contributed by atoms with Gasteiger partial charge in [0.2, 0.25) is 5.91 Å². The number of aliphatic carboxylic acids is 1. The molecule has 2 rings (SSSR count). The lowest BCUT2D eigenvalue weighted by Crippen LogP contribution is -2.47. The van der Waals surface area contributed by atoms with Gasteiger partial charge in [0.1, 0.15) is 0 Å². The van der Waals surface area contributed by atoms with Gasteiger partial charge in [-0.25, -0.2) is 0 Å². The lowest BCUT2D eigenvalue weighted by molar-refractivity contribution is -0.145. The minimum Gasteiger partial charge on any atom is -0.481 e. The van der Waals surface area contributed by atoms with Gasteiger partial charge in [-0.1, -0.05) is 79.8 Å². The molecule has 154 valence electrons. The molecule has 0 aliphatic rings. The maximum atomic E-state index is 12.8. The second-order valence-electron chi connectivity index (χ2n) is 7.00. The van der Waals surface area contributed by atoms with Gasteiger partial charge in [-0.15, -0.1) is 0 Å². The Balaban J connectivity index is 2.12. The summed E-state index contributed by atoms with van der Waals surface area (Å²) in [6.45, 7) is 1.94. The van der Waals surface area contributed by atoms with Crippen LogP contribution in [0.5, 0.6) is 0 Å². The van der Waals surface area contributed by atoms with Crippen molar-refractivity contribution >= 4 is 29.1 Å². The molecular formula is C23H28N2O3S. The number of amides is 1. The van der Waals surface area contributed by atoms with Crippen molar-refractivity contribution < 1.29 is 14.7 Å². The van der Waals surface area contributed by atoms with Gasteiger partial charge in [0, 0.05) is 13.5 Å². The zero-order valence-corrected chi connectivity index (χ0v) is 17.6. The molecule has 0 aliphatic carbocycles. The second kappa shape index (κ2) is 11.3. The summed E-state index contributed by atoms with van der Waals surface area (Å²) in [5.74, 6) is -2.32. The second-order valence-corrected chi connectivity index (χ2v) is 7.44. The van der Waals surface area contributed by atoms with E-state index >= 15 is 0 Å². The van der Waals surface area contributed by atoms with E-state index in [1.807, 2.05) is 67.6 Å². The SMILES string of the molecule is CCC(c1ccccc1)C(CC(=O)NC(Cc1ccccc1)C(=S)NC)C(=O)O. The smallest absolute Gasteiger partial charge is 0.307 e. The fraction of sp³-hybridized carbons (Fsp3) is 0.348. The van der Waals surface area contributed by atoms with Crippen LogP contribution < -0.4 is 10.6 Å². The van der Waals surface area contributed by atoms with E-state index < -0.39 is 17.9 Å². The summed E-state index contributed by atoms with van der Waals surface area (Å²) in [6, 6.07) is 18.8. The molecule has 0 aromatic heterocycles. The molecule has 3 N–H and O–H groups in total. The van der Waals surface area contributed by atoms with Gasteiger partial charge in [-0.05, 0) is 29.9 Å². The minimum absolute atomic E-state index is 0.0969. The Kier molecular flexibility index (Phi) is 8.80. The number of hydrogen-bond acceptors (Lipinski definition) is 3. The number of thiocarbonyl (C=S) groups is 1. The van der Waals surface area contributed by atoms with Crippen LogP contribution in [0, 0.1) is 5.92 Å². The molecule has 0 spiro atoms. The van der Waals surface area contributed by atoms with E-state index in [0.717, 1.165) is 11.1 Å². The van der Waals surface area contributed by atoms with Gasteiger partial charge in [-0.3, -0.25) is 9.59 Å². The van der Waals surface area contributed by atoms with Crippen LogP contribution in [-0.4, -0.2) is 35.1 Å². The van der Waals surface area contributed by atoms with Gasteiger partial charge in [0.15, 0.2) is 0 Å². The maximum Gasteiger partial charge on any atom is 0.307 e. The van der Waals surface area contributed by atoms with Crippen molar-refractivity contribution in [2.24, 2.45) is 5.92 Å². The average molecular weight is 413 g/mol. The quantitative estimate of drug-likeness (QED) is 0.520. The molecule has 2 aromatic rings. The Bertz CT molecular complexity index is 811. The molecule has 0 fully saturated rings. The zero-order valence-electron chi connectivity index (χ0n) is 16.8. The van der Waals surface area contributed by atoms with Crippen LogP contribution in [0.3, 0.4) is 0 Å². The van der Waals surface area contributed by atoms with Gasteiger partial charge in [0.05, 0.1) is 16.9 Å². The standard InChI is InChI=1S/C23H28N2O3S/c1-3-18(17-12-8-5-9-13-17)19(23(27)28)15-21(26)25-20(22(29)24-2)14-16-10-6-4-7-11-16/h4-13,18-20H,3,14-15H2,1-2H3,(H,24,29)(H,25,26)(H,27,28). The van der Waals surface area contributed by atoms with Gasteiger partial charge in [0.25, 0.3) is 0 Å². The highest BCUT2D eigenvalue weighted by molar-refractivity contribution is 7.80. The van der Waals surface area contributed by atoms with E-state index in [-0.39, 0.29) is 18.2 Å². The molecule has 0 saturated carbocycles. The number of benzene rings is 2. The number of hydrogen-bond donors (Lipinski definition) is 3. The lowest BCUT2D eigenvalue weighted by atomic mass is 9.82. The Hall–Kier alpha value is -2.73. The first-order chi connectivity index (χ1) is 14.0. The first-order valence-corrected chi connectivity index (χ1v) is 10.2. The molecule has 0 radical (unpaired) electrons. The third-order valence-electron chi connectivity index (χ3n) is 5.06. The van der Waals surface area contributed by atoms with Crippen LogP contribution in [0.25, 0.3) is 0 Å². The van der Waals surface area contributed by atoms with E-state index in [2.05, 4.69) is 10.6 Å². The molecule has 2 aromatic carbocycles. The summed E-state index contributed by atoms with van der Waals surface area (Å²) >= 11 is 5.37. The minimum atomic E-state index is -0.966. The zero-order chi connectivity index (χ0) is 21.2. The molecular weight excluding hydrogens is 384 g/mol. The van der Waals surface area contributed by atoms with Crippen LogP contribution >= 0.6 is 12.2 Å². The van der Waals surface area contributed by atoms with Gasteiger partial charge >= 0.3 is 5.97 Å². The normalized spacial score (nSPS) is 13.7. The fourth-order valence-corrected chi connectivity index (χ4v) is 3.68. The summed E-state index contributed by atoms with van der Waals surface area (Å²) in [5.41, 5.74) is 1.97. The largest absolute Gasteiger partial charge is 0.481 e. The Labute approximate surface area is 177 Å². The molecule has 1 amide bonds. The number of likely N-dealkylation sites (N-methyl/N-ethyl adjacent to an activating group) is 1. The van der Waals surface area contributed by atoms with Crippen molar-refractivity contribution in [2.45, 2.75) is 38.1 Å². The lowest BCUT2D eigenvalue weighted by Gasteiger charge is -2.25. The highest BCUT2D eigenvalue weighted by Gasteiger charge is 2.31. The molecule has 0 saturated heterocycles. The van der Waals surface area contributed by atoms with Crippen LogP contribution in [-0.2, 0) is 16.0 Å². The van der Waals surface area contributed by atoms with Crippen LogP contribution in [0.1, 0.15) is 36.8 Å². The van der Waals surface area contributed by atoms with E-state index in [9.17, 15) is 14.7 Å². The van der Waals surface area contributed by atoms with Crippen molar-refractivity contribution in [1.29, 1.82) is 0 Å². The number of carbonyl (C=O) groups is 2. The van der Waals surface area contributed by atoms with Crippen LogP contribution in [0.15, 0.2) is 60.7 Å². The fourth-order valence-electron chi connectivity index (χ4n) is 3.54. The number of carboxylic acids is 1. The third kappa shape index (κ3) is 6.68. The predicted octanol–water partition coefficient (Wildman–Crippen LogP) is 3.55. The number of nitrogens with one attached hydrogen (secondary N) is 2. The van der Waals surface area contributed by atoms with Crippen molar-refractivity contribution in [3.05, 3.63) is 71.8 Å². The van der Waals surface area contributed by atoms with Gasteiger partial charge < -0.3 is 15.7 Å². The Morgan fingerprint density at radius 3 is 2.14 bits per heavy atom. The Morgan fingerprint density at radius 1 is 1.03 bits per heavy atom. The van der Waals surface area contributed by atoms with Crippen LogP contribution in [0.4, 0.5) is 0 Å². The van der Waals surface area contributed by atoms with Crippen LogP contribution in [0.2, 0.25) is 0 Å². The highest BCUT2D eigenvalue weighted by atomic mass is 32.1. The van der Waals surface area contributed by atoms with E-state index in [1.54, 1.807) is 7.05 Å². The molecule has 0 heterocycles. The summed E-state index contributed by atoms with van der Waals surface area (Å²) < 4.78 is 0. The number of rotatable bonds is 10. The Morgan fingerprint density at radius 2 is 1.62 bits per heavy atom. The molecule has 0 aliphatic heterocycles. The van der Waals surface area contributed by atoms with Gasteiger partial charge in [-0.2, -0.15) is 0 Å². The summed E-state index contributed by atoms with van der Waals surface area (Å²) in [7, 11) is 1.72. The summed E-state index contributed by atoms with van der Waals surface area (Å²) in [5, 5.41) is 15.6. The average Bonchev–Trinajstić information content (AvgIpc) is 2.74. The highest BCUT2D eigenvalue weighted by Crippen LogP contribution is 2.30.